The highest BCUT2D eigenvalue weighted by atomic mass is 14.8. The Morgan fingerprint density at radius 1 is 1.50 bits per heavy atom. The van der Waals surface area contributed by atoms with E-state index in [4.69, 9.17) is 0 Å². The van der Waals surface area contributed by atoms with E-state index in [2.05, 4.69) is 36.5 Å². The first kappa shape index (κ1) is 7.13. The van der Waals surface area contributed by atoms with Crippen LogP contribution in [0.5, 0.6) is 0 Å². The molecule has 1 rings (SSSR count). The van der Waals surface area contributed by atoms with E-state index in [0.29, 0.717) is 0 Å². The minimum Gasteiger partial charge on any atom is -0.388 e. The minimum absolute atomic E-state index is 0. The number of anilines is 1. The first-order valence-electron chi connectivity index (χ1n) is 3.63. The van der Waals surface area contributed by atoms with Crippen molar-refractivity contribution in [2.24, 2.45) is 0 Å². The van der Waals surface area contributed by atoms with Crippen molar-refractivity contribution in [2.75, 3.05) is 12.4 Å². The lowest BCUT2D eigenvalue weighted by Gasteiger charge is -2.00. The second kappa shape index (κ2) is 3.25. The fourth-order valence-corrected chi connectivity index (χ4v) is 0.947. The van der Waals surface area contributed by atoms with E-state index in [-0.39, 0.29) is 1.43 Å². The lowest BCUT2D eigenvalue weighted by atomic mass is 10.1. The van der Waals surface area contributed by atoms with Gasteiger partial charge >= 0.3 is 0 Å². The zero-order chi connectivity index (χ0) is 7.40. The molecular weight excluding hydrogens is 122 g/mol. The minimum atomic E-state index is 0. The summed E-state index contributed by atoms with van der Waals surface area (Å²) in [5.74, 6) is 0. The summed E-state index contributed by atoms with van der Waals surface area (Å²) in [5.41, 5.74) is 2.58. The van der Waals surface area contributed by atoms with Gasteiger partial charge in [-0.2, -0.15) is 0 Å². The van der Waals surface area contributed by atoms with Crippen LogP contribution in [0, 0.1) is 0 Å². The van der Waals surface area contributed by atoms with Gasteiger partial charge in [-0.3, -0.25) is 0 Å². The van der Waals surface area contributed by atoms with Gasteiger partial charge in [-0.05, 0) is 24.1 Å². The van der Waals surface area contributed by atoms with Crippen molar-refractivity contribution in [3.05, 3.63) is 29.8 Å². The third kappa shape index (κ3) is 1.50. The van der Waals surface area contributed by atoms with Crippen LogP contribution in [0.3, 0.4) is 0 Å². The van der Waals surface area contributed by atoms with E-state index in [9.17, 15) is 0 Å². The molecule has 0 saturated heterocycles. The molecule has 1 nitrogen and oxygen atoms in total. The molecule has 0 radical (unpaired) electrons. The largest absolute Gasteiger partial charge is 0.388 e. The van der Waals surface area contributed by atoms with Crippen LogP contribution in [-0.2, 0) is 6.42 Å². The van der Waals surface area contributed by atoms with Crippen LogP contribution in [-0.4, -0.2) is 7.05 Å². The topological polar surface area (TPSA) is 12.0 Å². The molecule has 0 saturated carbocycles. The number of benzene rings is 1. The quantitative estimate of drug-likeness (QED) is 0.660. The fourth-order valence-electron chi connectivity index (χ4n) is 0.947. The fraction of sp³-hybridized carbons (Fsp3) is 0.333. The van der Waals surface area contributed by atoms with Crippen LogP contribution in [0.25, 0.3) is 0 Å². The first-order chi connectivity index (χ1) is 4.86. The van der Waals surface area contributed by atoms with Crippen molar-refractivity contribution in [1.29, 1.82) is 0 Å². The van der Waals surface area contributed by atoms with Gasteiger partial charge in [0, 0.05) is 14.2 Å². The van der Waals surface area contributed by atoms with E-state index in [1.165, 1.54) is 11.3 Å². The van der Waals surface area contributed by atoms with E-state index in [1.54, 1.807) is 0 Å². The Balaban J connectivity index is 0.000001000. The molecular formula is C9H15N. The van der Waals surface area contributed by atoms with Gasteiger partial charge in [0.2, 0.25) is 0 Å². The van der Waals surface area contributed by atoms with Crippen molar-refractivity contribution in [1.82, 2.24) is 0 Å². The summed E-state index contributed by atoms with van der Waals surface area (Å²) in [7, 11) is 1.94. The Morgan fingerprint density at radius 2 is 2.30 bits per heavy atom. The van der Waals surface area contributed by atoms with Crippen LogP contribution in [0.2, 0.25) is 0 Å². The summed E-state index contributed by atoms with van der Waals surface area (Å²) >= 11 is 0. The Hall–Kier alpha value is -0.980. The summed E-state index contributed by atoms with van der Waals surface area (Å²) in [5, 5.41) is 3.10. The molecule has 0 bridgehead atoms. The summed E-state index contributed by atoms with van der Waals surface area (Å²) < 4.78 is 0. The van der Waals surface area contributed by atoms with Crippen LogP contribution in [0.1, 0.15) is 13.9 Å². The summed E-state index contributed by atoms with van der Waals surface area (Å²) in [6.07, 6.45) is 1.11. The maximum Gasteiger partial charge on any atom is 0.0340 e. The first-order valence-corrected chi connectivity index (χ1v) is 3.63. The van der Waals surface area contributed by atoms with E-state index < -0.39 is 0 Å². The van der Waals surface area contributed by atoms with Crippen LogP contribution in [0.4, 0.5) is 5.69 Å². The van der Waals surface area contributed by atoms with Crippen molar-refractivity contribution in [3.63, 3.8) is 0 Å². The molecule has 0 heterocycles. The number of rotatable bonds is 2. The second-order valence-corrected chi connectivity index (χ2v) is 2.30. The van der Waals surface area contributed by atoms with Crippen LogP contribution in [0.15, 0.2) is 24.3 Å². The lowest BCUT2D eigenvalue weighted by Crippen LogP contribution is -1.88. The predicted molar refractivity (Wildman–Crippen MR) is 47.5 cm³/mol. The molecule has 1 N–H and O–H groups in total. The highest BCUT2D eigenvalue weighted by Gasteiger charge is 1.88. The summed E-state index contributed by atoms with van der Waals surface area (Å²) in [4.78, 5) is 0. The highest BCUT2D eigenvalue weighted by molar-refractivity contribution is 5.44. The zero-order valence-electron chi connectivity index (χ0n) is 6.52. The van der Waals surface area contributed by atoms with Gasteiger partial charge in [-0.25, -0.2) is 0 Å². The average Bonchev–Trinajstić information content (AvgIpc) is 2.05. The highest BCUT2D eigenvalue weighted by Crippen LogP contribution is 2.09. The lowest BCUT2D eigenvalue weighted by molar-refractivity contribution is 1.14. The standard InChI is InChI=1S/C9H13N.H2/c1-3-8-5-4-6-9(7-8)10-2;/h4-7,10H,3H2,1-2H3;1H. The molecule has 0 fully saturated rings. The Morgan fingerprint density at radius 3 is 2.90 bits per heavy atom. The van der Waals surface area contributed by atoms with Gasteiger partial charge in [0.25, 0.3) is 0 Å². The van der Waals surface area contributed by atoms with Gasteiger partial charge < -0.3 is 5.32 Å². The molecule has 0 aromatic heterocycles. The SMILES string of the molecule is CCc1cccc(NC)c1.[HH]. The molecule has 56 valence electrons. The number of aryl methyl sites for hydroxylation is 1. The molecule has 0 amide bonds. The van der Waals surface area contributed by atoms with Gasteiger partial charge in [-0.15, -0.1) is 0 Å². The van der Waals surface area contributed by atoms with Gasteiger partial charge in [0.15, 0.2) is 0 Å². The Bertz CT molecular complexity index is 191. The van der Waals surface area contributed by atoms with E-state index in [1.807, 2.05) is 7.05 Å². The second-order valence-electron chi connectivity index (χ2n) is 2.30. The van der Waals surface area contributed by atoms with Crippen molar-refractivity contribution >= 4 is 5.69 Å². The molecule has 0 atom stereocenters. The molecule has 0 aliphatic heterocycles. The average molecular weight is 137 g/mol. The van der Waals surface area contributed by atoms with Crippen LogP contribution < -0.4 is 5.32 Å². The third-order valence-corrected chi connectivity index (χ3v) is 1.62. The maximum absolute atomic E-state index is 3.10. The molecule has 0 unspecified atom stereocenters. The summed E-state index contributed by atoms with van der Waals surface area (Å²) in [6, 6.07) is 8.45. The van der Waals surface area contributed by atoms with Crippen LogP contribution >= 0.6 is 0 Å². The van der Waals surface area contributed by atoms with Crippen molar-refractivity contribution < 1.29 is 1.43 Å². The molecule has 1 heteroatoms. The molecule has 1 aromatic rings. The Kier molecular flexibility index (Phi) is 2.32. The van der Waals surface area contributed by atoms with Crippen molar-refractivity contribution in [3.8, 4) is 0 Å². The number of nitrogens with one attached hydrogen (secondary N) is 1. The predicted octanol–water partition coefficient (Wildman–Crippen LogP) is 2.54. The maximum atomic E-state index is 3.10. The van der Waals surface area contributed by atoms with E-state index >= 15 is 0 Å². The Labute approximate surface area is 63.6 Å². The summed E-state index contributed by atoms with van der Waals surface area (Å²) in [6.45, 7) is 2.16. The monoisotopic (exact) mass is 137 g/mol. The van der Waals surface area contributed by atoms with E-state index in [0.717, 1.165) is 6.42 Å². The molecule has 0 aliphatic carbocycles. The zero-order valence-corrected chi connectivity index (χ0v) is 6.52. The molecule has 10 heavy (non-hydrogen) atoms. The molecule has 0 aliphatic rings. The van der Waals surface area contributed by atoms with Gasteiger partial charge in [-0.1, -0.05) is 19.1 Å². The smallest absolute Gasteiger partial charge is 0.0340 e. The number of hydrogen-bond donors (Lipinski definition) is 1. The molecule has 1 aromatic carbocycles. The van der Waals surface area contributed by atoms with Gasteiger partial charge in [0.1, 0.15) is 0 Å². The number of hydrogen-bond acceptors (Lipinski definition) is 1. The molecule has 0 spiro atoms. The van der Waals surface area contributed by atoms with Crippen molar-refractivity contribution in [2.45, 2.75) is 13.3 Å². The normalized spacial score (nSPS) is 9.40. The van der Waals surface area contributed by atoms with Gasteiger partial charge in [0.05, 0.1) is 0 Å². The third-order valence-electron chi connectivity index (χ3n) is 1.62.